The summed E-state index contributed by atoms with van der Waals surface area (Å²) >= 11 is 5.79. The van der Waals surface area contributed by atoms with Gasteiger partial charge in [0.15, 0.2) is 0 Å². The molecule has 1 amide bonds. The molecule has 0 fully saturated rings. The van der Waals surface area contributed by atoms with Gasteiger partial charge in [0.1, 0.15) is 0 Å². The first-order valence-corrected chi connectivity index (χ1v) is 4.95. The second kappa shape index (κ2) is 6.09. The van der Waals surface area contributed by atoms with E-state index in [1.165, 1.54) is 6.20 Å². The van der Waals surface area contributed by atoms with Gasteiger partial charge in [-0.3, -0.25) is 5.32 Å². The lowest BCUT2D eigenvalue weighted by molar-refractivity contribution is 0.156. The third kappa shape index (κ3) is 4.51. The molecular formula is C11H12ClNO2. The summed E-state index contributed by atoms with van der Waals surface area (Å²) in [5.74, 6) is 0. The topological polar surface area (TPSA) is 38.3 Å². The molecule has 0 saturated carbocycles. The number of carbonyl (C=O) groups is 1. The van der Waals surface area contributed by atoms with Gasteiger partial charge in [-0.05, 0) is 30.7 Å². The van der Waals surface area contributed by atoms with Crippen molar-refractivity contribution in [3.05, 3.63) is 41.1 Å². The highest BCUT2D eigenvalue weighted by Gasteiger charge is 1.94. The van der Waals surface area contributed by atoms with Crippen LogP contribution in [-0.4, -0.2) is 12.7 Å². The van der Waals surface area contributed by atoms with Gasteiger partial charge in [0, 0.05) is 11.2 Å². The second-order valence-electron chi connectivity index (χ2n) is 2.75. The SMILES string of the molecule is CCOC(=O)N/C=C/c1cccc(Cl)c1. The Labute approximate surface area is 93.7 Å². The van der Waals surface area contributed by atoms with E-state index in [-0.39, 0.29) is 0 Å². The predicted octanol–water partition coefficient (Wildman–Crippen LogP) is 3.06. The first kappa shape index (κ1) is 11.6. The Morgan fingerprint density at radius 1 is 1.60 bits per heavy atom. The van der Waals surface area contributed by atoms with Gasteiger partial charge in [0.05, 0.1) is 6.61 Å². The average Bonchev–Trinajstić information content (AvgIpc) is 2.18. The average molecular weight is 226 g/mol. The Morgan fingerprint density at radius 3 is 3.07 bits per heavy atom. The zero-order chi connectivity index (χ0) is 11.1. The van der Waals surface area contributed by atoms with Crippen molar-refractivity contribution in [3.63, 3.8) is 0 Å². The van der Waals surface area contributed by atoms with Crippen molar-refractivity contribution >= 4 is 23.8 Å². The van der Waals surface area contributed by atoms with Crippen molar-refractivity contribution in [1.82, 2.24) is 5.32 Å². The third-order valence-corrected chi connectivity index (χ3v) is 1.84. The number of amides is 1. The van der Waals surface area contributed by atoms with Crippen molar-refractivity contribution in [2.45, 2.75) is 6.92 Å². The number of alkyl carbamates (subject to hydrolysis) is 1. The van der Waals surface area contributed by atoms with Gasteiger partial charge in [-0.2, -0.15) is 0 Å². The van der Waals surface area contributed by atoms with Gasteiger partial charge >= 0.3 is 6.09 Å². The zero-order valence-electron chi connectivity index (χ0n) is 8.37. The maximum absolute atomic E-state index is 10.9. The Hall–Kier alpha value is -1.48. The predicted molar refractivity (Wildman–Crippen MR) is 60.6 cm³/mol. The molecule has 0 spiro atoms. The van der Waals surface area contributed by atoms with Crippen molar-refractivity contribution in [2.75, 3.05) is 6.61 Å². The standard InChI is InChI=1S/C11H12ClNO2/c1-2-15-11(14)13-7-6-9-4-3-5-10(12)8-9/h3-8H,2H2,1H3,(H,13,14)/b7-6+. The summed E-state index contributed by atoms with van der Waals surface area (Å²) in [6, 6.07) is 7.31. The molecule has 1 rings (SSSR count). The van der Waals surface area contributed by atoms with Crippen LogP contribution in [0.15, 0.2) is 30.5 Å². The van der Waals surface area contributed by atoms with Gasteiger partial charge in [0.25, 0.3) is 0 Å². The van der Waals surface area contributed by atoms with Crippen molar-refractivity contribution in [1.29, 1.82) is 0 Å². The summed E-state index contributed by atoms with van der Waals surface area (Å²) in [4.78, 5) is 10.9. The quantitative estimate of drug-likeness (QED) is 0.859. The van der Waals surface area contributed by atoms with Crippen LogP contribution in [-0.2, 0) is 4.74 Å². The molecule has 0 aromatic heterocycles. The molecule has 3 nitrogen and oxygen atoms in total. The molecule has 0 saturated heterocycles. The molecule has 1 N–H and O–H groups in total. The summed E-state index contributed by atoms with van der Waals surface area (Å²) in [5, 5.41) is 3.13. The molecule has 0 heterocycles. The number of carbonyl (C=O) groups excluding carboxylic acids is 1. The molecule has 0 aliphatic heterocycles. The lowest BCUT2D eigenvalue weighted by atomic mass is 10.2. The highest BCUT2D eigenvalue weighted by Crippen LogP contribution is 2.11. The van der Waals surface area contributed by atoms with Crippen molar-refractivity contribution in [2.24, 2.45) is 0 Å². The highest BCUT2D eigenvalue weighted by molar-refractivity contribution is 6.30. The molecule has 0 bridgehead atoms. The largest absolute Gasteiger partial charge is 0.450 e. The van der Waals surface area contributed by atoms with E-state index in [1.54, 1.807) is 25.1 Å². The molecule has 0 radical (unpaired) electrons. The second-order valence-corrected chi connectivity index (χ2v) is 3.19. The Balaban J connectivity index is 2.48. The minimum Gasteiger partial charge on any atom is -0.450 e. The summed E-state index contributed by atoms with van der Waals surface area (Å²) in [6.07, 6.45) is 2.79. The smallest absolute Gasteiger partial charge is 0.411 e. The van der Waals surface area contributed by atoms with Crippen molar-refractivity contribution < 1.29 is 9.53 Å². The van der Waals surface area contributed by atoms with E-state index in [1.807, 2.05) is 12.1 Å². The third-order valence-electron chi connectivity index (χ3n) is 1.60. The van der Waals surface area contributed by atoms with Crippen LogP contribution >= 0.6 is 11.6 Å². The van der Waals surface area contributed by atoms with Gasteiger partial charge in [-0.15, -0.1) is 0 Å². The minimum absolute atomic E-state index is 0.358. The number of ether oxygens (including phenoxy) is 1. The fourth-order valence-corrected chi connectivity index (χ4v) is 1.19. The normalized spacial score (nSPS) is 10.3. The summed E-state index contributed by atoms with van der Waals surface area (Å²) < 4.78 is 4.68. The lowest BCUT2D eigenvalue weighted by Crippen LogP contribution is -2.17. The molecule has 0 atom stereocenters. The highest BCUT2D eigenvalue weighted by atomic mass is 35.5. The van der Waals surface area contributed by atoms with Crippen LogP contribution in [0.4, 0.5) is 4.79 Å². The van der Waals surface area contributed by atoms with E-state index < -0.39 is 6.09 Å². The summed E-state index contributed by atoms with van der Waals surface area (Å²) in [7, 11) is 0. The minimum atomic E-state index is -0.462. The van der Waals surface area contributed by atoms with Gasteiger partial charge in [-0.25, -0.2) is 4.79 Å². The molecule has 0 aliphatic carbocycles. The van der Waals surface area contributed by atoms with E-state index in [0.29, 0.717) is 11.6 Å². The lowest BCUT2D eigenvalue weighted by Gasteiger charge is -1.99. The van der Waals surface area contributed by atoms with Gasteiger partial charge < -0.3 is 4.74 Å². The van der Waals surface area contributed by atoms with Crippen LogP contribution in [0, 0.1) is 0 Å². The van der Waals surface area contributed by atoms with Gasteiger partial charge in [0.2, 0.25) is 0 Å². The van der Waals surface area contributed by atoms with E-state index in [9.17, 15) is 4.79 Å². The number of rotatable bonds is 3. The van der Waals surface area contributed by atoms with E-state index >= 15 is 0 Å². The van der Waals surface area contributed by atoms with E-state index in [0.717, 1.165) is 5.56 Å². The van der Waals surface area contributed by atoms with Crippen LogP contribution < -0.4 is 5.32 Å². The van der Waals surface area contributed by atoms with Crippen LogP contribution in [0.25, 0.3) is 6.08 Å². The number of halogens is 1. The fourth-order valence-electron chi connectivity index (χ4n) is 0.989. The monoisotopic (exact) mass is 225 g/mol. The molecule has 1 aromatic rings. The Bertz CT molecular complexity index is 363. The molecule has 15 heavy (non-hydrogen) atoms. The van der Waals surface area contributed by atoms with Crippen LogP contribution in [0.1, 0.15) is 12.5 Å². The van der Waals surface area contributed by atoms with E-state index in [2.05, 4.69) is 10.1 Å². The Kier molecular flexibility index (Phi) is 4.71. The fraction of sp³-hybridized carbons (Fsp3) is 0.182. The summed E-state index contributed by atoms with van der Waals surface area (Å²) in [6.45, 7) is 2.11. The Morgan fingerprint density at radius 2 is 2.40 bits per heavy atom. The van der Waals surface area contributed by atoms with Gasteiger partial charge in [-0.1, -0.05) is 23.7 Å². The van der Waals surface area contributed by atoms with Crippen LogP contribution in [0.2, 0.25) is 5.02 Å². The van der Waals surface area contributed by atoms with Crippen LogP contribution in [0.5, 0.6) is 0 Å². The van der Waals surface area contributed by atoms with Crippen LogP contribution in [0.3, 0.4) is 0 Å². The molecule has 1 aromatic carbocycles. The maximum atomic E-state index is 10.9. The molecule has 0 aliphatic rings. The molecule has 0 unspecified atom stereocenters. The first-order valence-electron chi connectivity index (χ1n) is 4.58. The van der Waals surface area contributed by atoms with Crippen molar-refractivity contribution in [3.8, 4) is 0 Å². The molecular weight excluding hydrogens is 214 g/mol. The number of nitrogens with one attached hydrogen (secondary N) is 1. The maximum Gasteiger partial charge on any atom is 0.411 e. The number of benzene rings is 1. The first-order chi connectivity index (χ1) is 7.22. The zero-order valence-corrected chi connectivity index (χ0v) is 9.12. The number of hydrogen-bond acceptors (Lipinski definition) is 2. The molecule has 80 valence electrons. The van der Waals surface area contributed by atoms with E-state index in [4.69, 9.17) is 11.6 Å². The summed E-state index contributed by atoms with van der Waals surface area (Å²) in [5.41, 5.74) is 0.916. The number of hydrogen-bond donors (Lipinski definition) is 1. The molecule has 4 heteroatoms.